The molecule has 1 aromatic rings. The van der Waals surface area contributed by atoms with E-state index in [1.54, 1.807) is 4.90 Å². The molecule has 2 heterocycles. The van der Waals surface area contributed by atoms with Crippen molar-refractivity contribution in [1.29, 1.82) is 0 Å². The van der Waals surface area contributed by atoms with Crippen molar-refractivity contribution in [3.05, 3.63) is 34.6 Å². The highest BCUT2D eigenvalue weighted by atomic mass is 35.5. The average molecular weight is 311 g/mol. The monoisotopic (exact) mass is 310 g/mol. The van der Waals surface area contributed by atoms with Gasteiger partial charge in [-0.3, -0.25) is 4.79 Å². The van der Waals surface area contributed by atoms with Gasteiger partial charge in [0, 0.05) is 24.2 Å². The van der Waals surface area contributed by atoms with E-state index >= 15 is 0 Å². The number of piperidine rings is 2. The topological polar surface area (TPSA) is 23.6 Å². The maximum Gasteiger partial charge on any atom is 0.256 e. The molecule has 0 aliphatic carbocycles. The molecule has 1 amide bonds. The maximum absolute atomic E-state index is 13.9. The van der Waals surface area contributed by atoms with E-state index < -0.39 is 5.82 Å². The molecule has 3 rings (SSSR count). The van der Waals surface area contributed by atoms with Gasteiger partial charge in [0.25, 0.3) is 5.91 Å². The molecule has 5 heteroatoms. The minimum absolute atomic E-state index is 0.0881. The van der Waals surface area contributed by atoms with Gasteiger partial charge in [0.2, 0.25) is 0 Å². The van der Waals surface area contributed by atoms with E-state index in [2.05, 4.69) is 11.9 Å². The maximum atomic E-state index is 13.9. The van der Waals surface area contributed by atoms with Crippen molar-refractivity contribution < 1.29 is 9.18 Å². The molecule has 2 aliphatic rings. The number of benzene rings is 1. The van der Waals surface area contributed by atoms with E-state index in [-0.39, 0.29) is 11.5 Å². The van der Waals surface area contributed by atoms with Crippen LogP contribution in [0.2, 0.25) is 5.02 Å². The van der Waals surface area contributed by atoms with Gasteiger partial charge in [0.1, 0.15) is 5.82 Å². The van der Waals surface area contributed by atoms with E-state index in [0.29, 0.717) is 23.5 Å². The summed E-state index contributed by atoms with van der Waals surface area (Å²) in [6.07, 6.45) is 3.29. The number of rotatable bonds is 1. The first kappa shape index (κ1) is 14.8. The molecule has 2 fully saturated rings. The molecule has 1 aromatic carbocycles. The molecule has 21 heavy (non-hydrogen) atoms. The van der Waals surface area contributed by atoms with E-state index in [4.69, 9.17) is 11.6 Å². The summed E-state index contributed by atoms with van der Waals surface area (Å²) >= 11 is 5.89. The molecule has 2 unspecified atom stereocenters. The third kappa shape index (κ3) is 2.92. The fourth-order valence-corrected chi connectivity index (χ4v) is 3.84. The summed E-state index contributed by atoms with van der Waals surface area (Å²) in [4.78, 5) is 16.7. The molecule has 2 atom stereocenters. The van der Waals surface area contributed by atoms with Crippen molar-refractivity contribution in [2.45, 2.75) is 25.3 Å². The fraction of sp³-hybridized carbons (Fsp3) is 0.562. The van der Waals surface area contributed by atoms with E-state index in [0.717, 1.165) is 25.9 Å². The van der Waals surface area contributed by atoms with Gasteiger partial charge >= 0.3 is 0 Å². The molecule has 0 saturated carbocycles. The first-order chi connectivity index (χ1) is 10.1. The molecule has 0 N–H and O–H groups in total. The zero-order valence-corrected chi connectivity index (χ0v) is 12.9. The van der Waals surface area contributed by atoms with Crippen molar-refractivity contribution in [3.63, 3.8) is 0 Å². The van der Waals surface area contributed by atoms with Crippen molar-refractivity contribution in [1.82, 2.24) is 9.80 Å². The van der Waals surface area contributed by atoms with E-state index in [1.165, 1.54) is 24.6 Å². The second-order valence-electron chi connectivity index (χ2n) is 6.11. The van der Waals surface area contributed by atoms with Crippen LogP contribution >= 0.6 is 11.6 Å². The Morgan fingerprint density at radius 3 is 2.95 bits per heavy atom. The minimum Gasteiger partial charge on any atom is -0.338 e. The molecule has 0 bridgehead atoms. The van der Waals surface area contributed by atoms with Crippen molar-refractivity contribution in [2.24, 2.45) is 5.92 Å². The van der Waals surface area contributed by atoms with Crippen LogP contribution in [0.4, 0.5) is 4.39 Å². The van der Waals surface area contributed by atoms with Gasteiger partial charge in [-0.1, -0.05) is 11.6 Å². The normalized spacial score (nSPS) is 26.5. The highest BCUT2D eigenvalue weighted by molar-refractivity contribution is 6.31. The third-order valence-electron chi connectivity index (χ3n) is 4.79. The second kappa shape index (κ2) is 5.93. The molecule has 2 aliphatic heterocycles. The van der Waals surface area contributed by atoms with Crippen LogP contribution in [0.3, 0.4) is 0 Å². The lowest BCUT2D eigenvalue weighted by Gasteiger charge is -2.46. The number of fused-ring (bicyclic) bond motifs is 1. The number of hydrogen-bond donors (Lipinski definition) is 0. The standard InChI is InChI=1S/C16H20ClFN2O/c1-19-7-2-3-11-10-20(8-6-15(11)19)16(21)13-9-12(17)4-5-14(13)18/h4-5,9,11,15H,2-3,6-8,10H2,1H3. The zero-order chi connectivity index (χ0) is 15.0. The number of carbonyl (C=O) groups is 1. The SMILES string of the molecule is CN1CCCC2CN(C(=O)c3cc(Cl)ccc3F)CCC21. The van der Waals surface area contributed by atoms with Crippen LogP contribution in [-0.4, -0.2) is 48.4 Å². The van der Waals surface area contributed by atoms with E-state index in [9.17, 15) is 9.18 Å². The molecule has 3 nitrogen and oxygen atoms in total. The quantitative estimate of drug-likeness (QED) is 0.796. The molecular weight excluding hydrogens is 291 g/mol. The van der Waals surface area contributed by atoms with Crippen molar-refractivity contribution >= 4 is 17.5 Å². The number of likely N-dealkylation sites (tertiary alicyclic amines) is 2. The predicted octanol–water partition coefficient (Wildman–Crippen LogP) is 3.04. The summed E-state index contributed by atoms with van der Waals surface area (Å²) in [6, 6.07) is 4.72. The zero-order valence-electron chi connectivity index (χ0n) is 12.2. The molecule has 0 aromatic heterocycles. The molecule has 0 spiro atoms. The van der Waals surface area contributed by atoms with Gasteiger partial charge in [-0.05, 0) is 57.0 Å². The van der Waals surface area contributed by atoms with Gasteiger partial charge in [-0.2, -0.15) is 0 Å². The fourth-order valence-electron chi connectivity index (χ4n) is 3.67. The van der Waals surface area contributed by atoms with Crippen LogP contribution < -0.4 is 0 Å². The molecule has 114 valence electrons. The van der Waals surface area contributed by atoms with Crippen molar-refractivity contribution in [3.8, 4) is 0 Å². The van der Waals surface area contributed by atoms with Crippen LogP contribution in [0.1, 0.15) is 29.6 Å². The second-order valence-corrected chi connectivity index (χ2v) is 6.55. The Labute approximate surface area is 129 Å². The Bertz CT molecular complexity index is 551. The van der Waals surface area contributed by atoms with Gasteiger partial charge in [0.05, 0.1) is 5.56 Å². The Morgan fingerprint density at radius 1 is 1.33 bits per heavy atom. The number of nitrogens with zero attached hydrogens (tertiary/aromatic N) is 2. The van der Waals surface area contributed by atoms with Gasteiger partial charge < -0.3 is 9.80 Å². The number of halogens is 2. The predicted molar refractivity (Wildman–Crippen MR) is 81.1 cm³/mol. The smallest absolute Gasteiger partial charge is 0.256 e. The lowest BCUT2D eigenvalue weighted by molar-refractivity contribution is 0.0314. The Hall–Kier alpha value is -1.13. The lowest BCUT2D eigenvalue weighted by Crippen LogP contribution is -2.54. The first-order valence-corrected chi connectivity index (χ1v) is 7.88. The van der Waals surface area contributed by atoms with Crippen molar-refractivity contribution in [2.75, 3.05) is 26.7 Å². The van der Waals surface area contributed by atoms with Gasteiger partial charge in [-0.15, -0.1) is 0 Å². The van der Waals surface area contributed by atoms with Gasteiger partial charge in [0.15, 0.2) is 0 Å². The number of carbonyl (C=O) groups excluding carboxylic acids is 1. The average Bonchev–Trinajstić information content (AvgIpc) is 2.49. The van der Waals surface area contributed by atoms with Crippen LogP contribution in [0.25, 0.3) is 0 Å². The Kier molecular flexibility index (Phi) is 4.18. The molecule has 0 radical (unpaired) electrons. The largest absolute Gasteiger partial charge is 0.338 e. The lowest BCUT2D eigenvalue weighted by atomic mass is 9.84. The Balaban J connectivity index is 1.76. The molecular formula is C16H20ClFN2O. The molecule has 2 saturated heterocycles. The number of amides is 1. The Morgan fingerprint density at radius 2 is 2.14 bits per heavy atom. The van der Waals surface area contributed by atoms with Crippen LogP contribution in [-0.2, 0) is 0 Å². The number of hydrogen-bond acceptors (Lipinski definition) is 2. The third-order valence-corrected chi connectivity index (χ3v) is 5.03. The summed E-state index contributed by atoms with van der Waals surface area (Å²) in [6.45, 7) is 2.55. The summed E-state index contributed by atoms with van der Waals surface area (Å²) in [5.41, 5.74) is 0.0881. The van der Waals surface area contributed by atoms with E-state index in [1.807, 2.05) is 0 Å². The highest BCUT2D eigenvalue weighted by Gasteiger charge is 2.36. The summed E-state index contributed by atoms with van der Waals surface area (Å²) < 4.78 is 13.9. The van der Waals surface area contributed by atoms with Crippen LogP contribution in [0.15, 0.2) is 18.2 Å². The first-order valence-electron chi connectivity index (χ1n) is 7.51. The minimum atomic E-state index is -0.493. The van der Waals surface area contributed by atoms with Crippen LogP contribution in [0, 0.1) is 11.7 Å². The van der Waals surface area contributed by atoms with Gasteiger partial charge in [-0.25, -0.2) is 4.39 Å². The summed E-state index contributed by atoms with van der Waals surface area (Å²) in [5, 5.41) is 0.395. The summed E-state index contributed by atoms with van der Waals surface area (Å²) in [5.74, 6) is -0.224. The highest BCUT2D eigenvalue weighted by Crippen LogP contribution is 2.30. The summed E-state index contributed by atoms with van der Waals surface area (Å²) in [7, 11) is 2.16. The van der Waals surface area contributed by atoms with Crippen LogP contribution in [0.5, 0.6) is 0 Å².